The van der Waals surface area contributed by atoms with Gasteiger partial charge in [0.25, 0.3) is 0 Å². The molecule has 0 amide bonds. The summed E-state index contributed by atoms with van der Waals surface area (Å²) >= 11 is 0. The Morgan fingerprint density at radius 2 is 2.42 bits per heavy atom. The lowest BCUT2D eigenvalue weighted by molar-refractivity contribution is -0.143. The van der Waals surface area contributed by atoms with Gasteiger partial charge in [-0.3, -0.25) is 4.79 Å². The van der Waals surface area contributed by atoms with Crippen LogP contribution in [0.25, 0.3) is 0 Å². The lowest BCUT2D eigenvalue weighted by Crippen LogP contribution is -2.16. The zero-order valence-electron chi connectivity index (χ0n) is 7.41. The van der Waals surface area contributed by atoms with Gasteiger partial charge in [0.2, 0.25) is 0 Å². The zero-order chi connectivity index (χ0) is 9.40. The van der Waals surface area contributed by atoms with E-state index in [1.807, 2.05) is 0 Å². The molecule has 12 heavy (non-hydrogen) atoms. The highest BCUT2D eigenvalue weighted by Crippen LogP contribution is 1.93. The molecule has 0 aromatic carbocycles. The van der Waals surface area contributed by atoms with Crippen molar-refractivity contribution in [1.29, 1.82) is 0 Å². The molecule has 0 saturated carbocycles. The second-order valence-electron chi connectivity index (χ2n) is 2.38. The van der Waals surface area contributed by atoms with Crippen LogP contribution in [0.5, 0.6) is 0 Å². The summed E-state index contributed by atoms with van der Waals surface area (Å²) in [6.07, 6.45) is 3.36. The third-order valence-corrected chi connectivity index (χ3v) is 1.17. The van der Waals surface area contributed by atoms with Crippen LogP contribution in [0.1, 0.15) is 13.3 Å². The molecule has 0 aliphatic heterocycles. The van der Waals surface area contributed by atoms with Crippen LogP contribution < -0.4 is 5.32 Å². The van der Waals surface area contributed by atoms with Crippen LogP contribution in [0.2, 0.25) is 0 Å². The standard InChI is InChI=1S/C8H15NO3/c1-7(10)12-6-8(11)4-3-5-9-2/h3,5,8-9,11H,4,6H2,1-2H3/b5-3+. The summed E-state index contributed by atoms with van der Waals surface area (Å²) in [5.41, 5.74) is 0. The number of ether oxygens (including phenoxy) is 1. The highest BCUT2D eigenvalue weighted by atomic mass is 16.5. The average molecular weight is 173 g/mol. The summed E-state index contributed by atoms with van der Waals surface area (Å²) in [5, 5.41) is 12.0. The molecule has 0 aliphatic rings. The Hall–Kier alpha value is -1.03. The predicted octanol–water partition coefficient (Wildman–Crippen LogP) is 0.0336. The summed E-state index contributed by atoms with van der Waals surface area (Å²) in [6.45, 7) is 1.37. The first-order chi connectivity index (χ1) is 5.66. The molecule has 4 heteroatoms. The van der Waals surface area contributed by atoms with Gasteiger partial charge in [-0.05, 0) is 12.6 Å². The van der Waals surface area contributed by atoms with E-state index in [-0.39, 0.29) is 12.6 Å². The zero-order valence-corrected chi connectivity index (χ0v) is 7.41. The summed E-state index contributed by atoms with van der Waals surface area (Å²) < 4.78 is 4.59. The molecule has 0 radical (unpaired) electrons. The van der Waals surface area contributed by atoms with Gasteiger partial charge in [-0.2, -0.15) is 0 Å². The van der Waals surface area contributed by atoms with E-state index in [0.29, 0.717) is 6.42 Å². The maximum Gasteiger partial charge on any atom is 0.302 e. The molecular weight excluding hydrogens is 158 g/mol. The highest BCUT2D eigenvalue weighted by molar-refractivity contribution is 5.65. The van der Waals surface area contributed by atoms with Crippen LogP contribution in [0.15, 0.2) is 12.3 Å². The topological polar surface area (TPSA) is 58.6 Å². The molecular formula is C8H15NO3. The molecule has 0 saturated heterocycles. The Bertz CT molecular complexity index is 156. The van der Waals surface area contributed by atoms with Crippen LogP contribution >= 0.6 is 0 Å². The molecule has 2 N–H and O–H groups in total. The van der Waals surface area contributed by atoms with E-state index in [0.717, 1.165) is 0 Å². The van der Waals surface area contributed by atoms with Crippen molar-refractivity contribution in [2.75, 3.05) is 13.7 Å². The molecule has 1 unspecified atom stereocenters. The van der Waals surface area contributed by atoms with E-state index >= 15 is 0 Å². The van der Waals surface area contributed by atoms with Crippen molar-refractivity contribution in [3.63, 3.8) is 0 Å². The van der Waals surface area contributed by atoms with Gasteiger partial charge in [0.1, 0.15) is 6.61 Å². The lowest BCUT2D eigenvalue weighted by atomic mass is 10.2. The molecule has 0 spiro atoms. The molecule has 0 fully saturated rings. The Morgan fingerprint density at radius 3 is 2.92 bits per heavy atom. The maximum atomic E-state index is 10.3. The minimum Gasteiger partial charge on any atom is -0.463 e. The van der Waals surface area contributed by atoms with E-state index in [4.69, 9.17) is 5.11 Å². The van der Waals surface area contributed by atoms with E-state index in [1.54, 1.807) is 19.3 Å². The number of aliphatic hydroxyl groups is 1. The van der Waals surface area contributed by atoms with Gasteiger partial charge < -0.3 is 15.2 Å². The second-order valence-corrected chi connectivity index (χ2v) is 2.38. The third kappa shape index (κ3) is 7.08. The fourth-order valence-electron chi connectivity index (χ4n) is 0.625. The Balaban J connectivity index is 3.39. The van der Waals surface area contributed by atoms with Gasteiger partial charge in [0, 0.05) is 14.0 Å². The van der Waals surface area contributed by atoms with E-state index in [1.165, 1.54) is 6.92 Å². The van der Waals surface area contributed by atoms with Crippen LogP contribution in [0.4, 0.5) is 0 Å². The molecule has 0 aromatic rings. The molecule has 4 nitrogen and oxygen atoms in total. The quantitative estimate of drug-likeness (QED) is 0.576. The molecule has 0 aliphatic carbocycles. The number of esters is 1. The fourth-order valence-corrected chi connectivity index (χ4v) is 0.625. The first-order valence-corrected chi connectivity index (χ1v) is 3.80. The SMILES string of the molecule is CN/C=C/CC(O)COC(C)=O. The van der Waals surface area contributed by atoms with Gasteiger partial charge in [-0.25, -0.2) is 0 Å². The summed E-state index contributed by atoms with van der Waals surface area (Å²) in [6, 6.07) is 0. The van der Waals surface area contributed by atoms with Crippen molar-refractivity contribution in [3.05, 3.63) is 12.3 Å². The minimum atomic E-state index is -0.612. The number of carbonyl (C=O) groups is 1. The van der Waals surface area contributed by atoms with Gasteiger partial charge in [-0.1, -0.05) is 6.08 Å². The number of rotatable bonds is 5. The average Bonchev–Trinajstić information content (AvgIpc) is 2.01. The maximum absolute atomic E-state index is 10.3. The fraction of sp³-hybridized carbons (Fsp3) is 0.625. The van der Waals surface area contributed by atoms with Gasteiger partial charge in [0.05, 0.1) is 6.10 Å². The van der Waals surface area contributed by atoms with Crippen molar-refractivity contribution in [1.82, 2.24) is 5.32 Å². The van der Waals surface area contributed by atoms with Gasteiger partial charge >= 0.3 is 5.97 Å². The van der Waals surface area contributed by atoms with Crippen LogP contribution in [-0.2, 0) is 9.53 Å². The summed E-state index contributed by atoms with van der Waals surface area (Å²) in [5.74, 6) is -0.369. The van der Waals surface area contributed by atoms with Crippen molar-refractivity contribution < 1.29 is 14.6 Å². The molecule has 1 atom stereocenters. The lowest BCUT2D eigenvalue weighted by Gasteiger charge is -2.06. The first kappa shape index (κ1) is 11.0. The monoisotopic (exact) mass is 173 g/mol. The molecule has 0 heterocycles. The van der Waals surface area contributed by atoms with Crippen molar-refractivity contribution in [3.8, 4) is 0 Å². The second kappa shape index (κ2) is 6.67. The smallest absolute Gasteiger partial charge is 0.302 e. The number of hydrogen-bond acceptors (Lipinski definition) is 4. The third-order valence-electron chi connectivity index (χ3n) is 1.17. The molecule has 70 valence electrons. The Labute approximate surface area is 72.2 Å². The van der Waals surface area contributed by atoms with E-state index in [9.17, 15) is 4.79 Å². The van der Waals surface area contributed by atoms with Crippen LogP contribution in [-0.4, -0.2) is 30.8 Å². The van der Waals surface area contributed by atoms with Crippen molar-refractivity contribution in [2.45, 2.75) is 19.4 Å². The van der Waals surface area contributed by atoms with Gasteiger partial charge in [0.15, 0.2) is 0 Å². The first-order valence-electron chi connectivity index (χ1n) is 3.80. The largest absolute Gasteiger partial charge is 0.463 e. The van der Waals surface area contributed by atoms with E-state index in [2.05, 4.69) is 10.1 Å². The van der Waals surface area contributed by atoms with Gasteiger partial charge in [-0.15, -0.1) is 0 Å². The molecule has 0 aromatic heterocycles. The number of nitrogens with one attached hydrogen (secondary N) is 1. The number of aliphatic hydroxyl groups excluding tert-OH is 1. The Morgan fingerprint density at radius 1 is 1.75 bits per heavy atom. The number of carbonyl (C=O) groups excluding carboxylic acids is 1. The number of hydrogen-bond donors (Lipinski definition) is 2. The van der Waals surface area contributed by atoms with Crippen LogP contribution in [0, 0.1) is 0 Å². The van der Waals surface area contributed by atoms with Crippen molar-refractivity contribution >= 4 is 5.97 Å². The summed E-state index contributed by atoms with van der Waals surface area (Å²) in [7, 11) is 1.77. The normalized spacial score (nSPS) is 12.9. The molecule has 0 bridgehead atoms. The highest BCUT2D eigenvalue weighted by Gasteiger charge is 2.02. The summed E-state index contributed by atoms with van der Waals surface area (Å²) in [4.78, 5) is 10.3. The predicted molar refractivity (Wildman–Crippen MR) is 45.5 cm³/mol. The molecule has 0 rings (SSSR count). The minimum absolute atomic E-state index is 0.0589. The van der Waals surface area contributed by atoms with Crippen LogP contribution in [0.3, 0.4) is 0 Å². The Kier molecular flexibility index (Phi) is 6.09. The van der Waals surface area contributed by atoms with E-state index < -0.39 is 6.10 Å². The van der Waals surface area contributed by atoms with Crippen molar-refractivity contribution in [2.24, 2.45) is 0 Å².